The summed E-state index contributed by atoms with van der Waals surface area (Å²) in [6, 6.07) is 10.6. The molecule has 282 valence electrons. The third-order valence-corrected chi connectivity index (χ3v) is 7.56. The number of rotatable bonds is 23. The second kappa shape index (κ2) is 26.2. The zero-order valence-corrected chi connectivity index (χ0v) is 32.2. The number of carbonyl (C=O) groups excluding carboxylic acids is 5. The average molecular weight is 701 g/mol. The summed E-state index contributed by atoms with van der Waals surface area (Å²) in [6.45, 7) is 19.2. The molecule has 0 aliphatic heterocycles. The Labute approximate surface area is 301 Å². The maximum Gasteiger partial charge on any atom is 0.270 e. The predicted octanol–water partition coefficient (Wildman–Crippen LogP) is 7.76. The van der Waals surface area contributed by atoms with Gasteiger partial charge in [-0.05, 0) is 11.6 Å². The van der Waals surface area contributed by atoms with Crippen LogP contribution in [-0.2, 0) is 28.6 Å². The second-order valence-electron chi connectivity index (χ2n) is 12.1. The van der Waals surface area contributed by atoms with E-state index in [0.717, 1.165) is 11.1 Å². The third-order valence-electron chi connectivity index (χ3n) is 7.56. The van der Waals surface area contributed by atoms with Gasteiger partial charge in [-0.3, -0.25) is 29.0 Å². The van der Waals surface area contributed by atoms with Crippen LogP contribution in [0.2, 0.25) is 0 Å². The zero-order valence-electron chi connectivity index (χ0n) is 32.2. The van der Waals surface area contributed by atoms with Crippen molar-refractivity contribution in [3.63, 3.8) is 0 Å². The van der Waals surface area contributed by atoms with Crippen molar-refractivity contribution in [3.05, 3.63) is 53.9 Å². The quantitative estimate of drug-likeness (QED) is 0.0911. The van der Waals surface area contributed by atoms with Gasteiger partial charge in [0, 0.05) is 62.7 Å². The molecule has 2 rings (SSSR count). The van der Waals surface area contributed by atoms with E-state index in [2.05, 4.69) is 10.3 Å². The van der Waals surface area contributed by atoms with Crippen LogP contribution in [0.1, 0.15) is 124 Å². The van der Waals surface area contributed by atoms with Gasteiger partial charge in [0.2, 0.25) is 0 Å². The minimum absolute atomic E-state index is 0. The number of ether oxygens (including phenoxy) is 3. The first-order chi connectivity index (χ1) is 23.9. The number of benzene rings is 1. The van der Waals surface area contributed by atoms with Crippen LogP contribution in [0.4, 0.5) is 0 Å². The van der Waals surface area contributed by atoms with Gasteiger partial charge in [0.1, 0.15) is 28.6 Å². The number of amides is 1. The molecule has 0 radical (unpaired) electrons. The van der Waals surface area contributed by atoms with Crippen molar-refractivity contribution in [2.45, 2.75) is 107 Å². The first-order valence-corrected chi connectivity index (χ1v) is 18.1. The Morgan fingerprint density at radius 2 is 1.14 bits per heavy atom. The van der Waals surface area contributed by atoms with E-state index in [1.54, 1.807) is 37.4 Å². The summed E-state index contributed by atoms with van der Waals surface area (Å²) in [5.41, 5.74) is 1.22. The highest BCUT2D eigenvalue weighted by molar-refractivity contribution is 5.96. The largest absolute Gasteiger partial charge is 0.378 e. The van der Waals surface area contributed by atoms with Crippen molar-refractivity contribution < 1.29 is 39.6 Å². The fraction of sp³-hybridized carbons (Fsp3) is 0.600. The molecule has 2 aromatic rings. The van der Waals surface area contributed by atoms with Crippen LogP contribution in [0.3, 0.4) is 0 Å². The number of hydrogen-bond acceptors (Lipinski definition) is 9. The van der Waals surface area contributed by atoms with Crippen LogP contribution >= 0.6 is 0 Å². The highest BCUT2D eigenvalue weighted by Gasteiger charge is 2.35. The Morgan fingerprint density at radius 3 is 1.54 bits per heavy atom. The van der Waals surface area contributed by atoms with Gasteiger partial charge in [-0.15, -0.1) is 0 Å². The molecular formula is C40H64N2O8. The number of ketones is 4. The van der Waals surface area contributed by atoms with Crippen LogP contribution in [0, 0.1) is 11.8 Å². The van der Waals surface area contributed by atoms with Crippen molar-refractivity contribution in [2.75, 3.05) is 39.6 Å². The molecule has 10 heteroatoms. The van der Waals surface area contributed by atoms with Crippen molar-refractivity contribution in [1.82, 2.24) is 10.3 Å². The van der Waals surface area contributed by atoms with Gasteiger partial charge < -0.3 is 19.5 Å². The van der Waals surface area contributed by atoms with E-state index in [0.29, 0.717) is 18.4 Å². The Balaban J connectivity index is 0. The van der Waals surface area contributed by atoms with Gasteiger partial charge in [-0.1, -0.05) is 99.6 Å². The molecule has 10 nitrogen and oxygen atoms in total. The molecular weight excluding hydrogens is 636 g/mol. The Hall–Kier alpha value is -3.60. The Kier molecular flexibility index (Phi) is 24.4. The van der Waals surface area contributed by atoms with Crippen molar-refractivity contribution in [1.29, 1.82) is 0 Å². The number of carbonyl (C=O) groups is 5. The number of hydrogen-bond donors (Lipinski definition) is 1. The first kappa shape index (κ1) is 46.4. The fourth-order valence-electron chi connectivity index (χ4n) is 4.38. The minimum Gasteiger partial charge on any atom is -0.378 e. The Bertz CT molecular complexity index is 1270. The van der Waals surface area contributed by atoms with E-state index < -0.39 is 11.4 Å². The van der Waals surface area contributed by atoms with Gasteiger partial charge in [0.25, 0.3) is 5.91 Å². The lowest BCUT2D eigenvalue weighted by Gasteiger charge is -2.34. The van der Waals surface area contributed by atoms with Crippen LogP contribution in [-0.4, -0.2) is 79.2 Å². The van der Waals surface area contributed by atoms with E-state index in [1.807, 2.05) is 74.4 Å². The molecule has 1 N–H and O–H groups in total. The molecule has 0 aliphatic rings. The molecule has 1 amide bonds. The number of aromatic nitrogens is 1. The molecule has 0 bridgehead atoms. The lowest BCUT2D eigenvalue weighted by molar-refractivity contribution is -0.123. The molecule has 50 heavy (non-hydrogen) atoms. The van der Waals surface area contributed by atoms with Crippen LogP contribution in [0.5, 0.6) is 0 Å². The standard InChI is InChI=1S/C36H50N2O8.2C2H6.H2/c1-7-30(39)15-18-44-22-36(23-45-19-16-33(41)25(3)4,24-46-20-17-34(42)26(5)6)38-35(43)31-14-13-29(21-37-31)27-9-11-28(12-10-27)32(40)8-2;2*1-2;/h9-14,21,25-26H,7-8,15-20,22-24H2,1-6H3,(H,38,43);2*1-2H3;1H. The monoisotopic (exact) mass is 700 g/mol. The lowest BCUT2D eigenvalue weighted by atomic mass is 10.0. The maximum atomic E-state index is 13.6. The van der Waals surface area contributed by atoms with Gasteiger partial charge >= 0.3 is 0 Å². The highest BCUT2D eigenvalue weighted by atomic mass is 16.5. The molecule has 0 fully saturated rings. The summed E-state index contributed by atoms with van der Waals surface area (Å²) in [7, 11) is 0. The van der Waals surface area contributed by atoms with Crippen molar-refractivity contribution in [2.24, 2.45) is 11.8 Å². The lowest BCUT2D eigenvalue weighted by Crippen LogP contribution is -2.59. The summed E-state index contributed by atoms with van der Waals surface area (Å²) < 4.78 is 17.7. The summed E-state index contributed by atoms with van der Waals surface area (Å²) >= 11 is 0. The van der Waals surface area contributed by atoms with Gasteiger partial charge in [0.05, 0.1) is 39.6 Å². The molecule has 0 saturated heterocycles. The molecule has 0 spiro atoms. The number of pyridine rings is 1. The van der Waals surface area contributed by atoms with E-state index in [1.165, 1.54) is 0 Å². The number of Topliss-reactive ketones (excluding diaryl/α,β-unsaturated/α-hetero) is 4. The molecule has 0 unspecified atom stereocenters. The van der Waals surface area contributed by atoms with E-state index >= 15 is 0 Å². The SMILES string of the molecule is CC.CC.CCC(=O)CCOCC(COCCC(=O)C(C)C)(COCCC(=O)C(C)C)NC(=O)c1ccc(-c2ccc(C(=O)CC)cc2)cn1.[HH]. The van der Waals surface area contributed by atoms with E-state index in [4.69, 9.17) is 14.2 Å². The topological polar surface area (TPSA) is 138 Å². The second-order valence-corrected chi connectivity index (χ2v) is 12.1. The summed E-state index contributed by atoms with van der Waals surface area (Å²) in [5, 5.41) is 2.99. The molecule has 0 saturated carbocycles. The highest BCUT2D eigenvalue weighted by Crippen LogP contribution is 2.20. The smallest absolute Gasteiger partial charge is 0.270 e. The zero-order chi connectivity index (χ0) is 38.1. The molecule has 0 aliphatic carbocycles. The van der Waals surface area contributed by atoms with Gasteiger partial charge in [0.15, 0.2) is 5.78 Å². The number of nitrogens with one attached hydrogen (secondary N) is 1. The summed E-state index contributed by atoms with van der Waals surface area (Å²) in [5.74, 6) is -0.510. The summed E-state index contributed by atoms with van der Waals surface area (Å²) in [4.78, 5) is 66.1. The molecule has 1 aromatic heterocycles. The molecule has 1 heterocycles. The number of nitrogens with zero attached hydrogens (tertiary/aromatic N) is 1. The van der Waals surface area contributed by atoms with Crippen LogP contribution in [0.15, 0.2) is 42.6 Å². The Morgan fingerprint density at radius 1 is 0.680 bits per heavy atom. The summed E-state index contributed by atoms with van der Waals surface area (Å²) in [6.07, 6.45) is 3.07. The van der Waals surface area contributed by atoms with Crippen LogP contribution < -0.4 is 5.32 Å². The molecule has 0 atom stereocenters. The minimum atomic E-state index is -1.20. The average Bonchev–Trinajstić information content (AvgIpc) is 3.14. The predicted molar refractivity (Wildman–Crippen MR) is 201 cm³/mol. The van der Waals surface area contributed by atoms with Gasteiger partial charge in [-0.25, -0.2) is 0 Å². The van der Waals surface area contributed by atoms with E-state index in [-0.39, 0.29) is 101 Å². The molecule has 1 aromatic carbocycles. The fourth-order valence-corrected chi connectivity index (χ4v) is 4.38. The maximum absolute atomic E-state index is 13.6. The van der Waals surface area contributed by atoms with E-state index in [9.17, 15) is 24.0 Å². The first-order valence-electron chi connectivity index (χ1n) is 18.1. The van der Waals surface area contributed by atoms with Crippen LogP contribution in [0.25, 0.3) is 11.1 Å². The van der Waals surface area contributed by atoms with Crippen molar-refractivity contribution in [3.8, 4) is 11.1 Å². The van der Waals surface area contributed by atoms with Crippen molar-refractivity contribution >= 4 is 29.0 Å². The normalized spacial score (nSPS) is 10.9. The van der Waals surface area contributed by atoms with Gasteiger partial charge in [-0.2, -0.15) is 0 Å². The third kappa shape index (κ3) is 17.4.